The molecule has 0 amide bonds. The number of hydrogen-bond acceptors (Lipinski definition) is 3. The Morgan fingerprint density at radius 3 is 2.83 bits per heavy atom. The molecule has 1 aromatic rings. The zero-order valence-electron chi connectivity index (χ0n) is 9.57. The molecule has 0 fully saturated rings. The summed E-state index contributed by atoms with van der Waals surface area (Å²) in [5, 5.41) is 8.81. The van der Waals surface area contributed by atoms with Gasteiger partial charge in [-0.2, -0.15) is 13.2 Å². The quantitative estimate of drug-likeness (QED) is 0.874. The van der Waals surface area contributed by atoms with Crippen LogP contribution >= 0.6 is 0 Å². The molecule has 3 nitrogen and oxygen atoms in total. The highest BCUT2D eigenvalue weighted by Gasteiger charge is 2.38. The maximum absolute atomic E-state index is 12.1. The van der Waals surface area contributed by atoms with Gasteiger partial charge in [-0.05, 0) is 36.1 Å². The van der Waals surface area contributed by atoms with Crippen molar-refractivity contribution < 1.29 is 23.0 Å². The summed E-state index contributed by atoms with van der Waals surface area (Å²) in [7, 11) is 0. The highest BCUT2D eigenvalue weighted by molar-refractivity contribution is 5.40. The maximum atomic E-state index is 12.1. The van der Waals surface area contributed by atoms with Gasteiger partial charge in [-0.3, -0.25) is 0 Å². The molecule has 0 radical (unpaired) electrons. The van der Waals surface area contributed by atoms with E-state index in [1.165, 1.54) is 0 Å². The Labute approximate surface area is 102 Å². The number of alkyl halides is 3. The summed E-state index contributed by atoms with van der Waals surface area (Å²) in [6.45, 7) is -0.797. The van der Waals surface area contributed by atoms with Crippen molar-refractivity contribution in [2.75, 3.05) is 6.61 Å². The third-order valence-electron chi connectivity index (χ3n) is 3.02. The van der Waals surface area contributed by atoms with Crippen molar-refractivity contribution >= 4 is 0 Å². The molecular formula is C12H14F3NO2. The molecule has 3 N–H and O–H groups in total. The zero-order valence-corrected chi connectivity index (χ0v) is 9.57. The monoisotopic (exact) mass is 261 g/mol. The fraction of sp³-hybridized carbons (Fsp3) is 0.500. The number of hydrogen-bond donors (Lipinski definition) is 2. The second kappa shape index (κ2) is 4.78. The molecule has 2 rings (SSSR count). The van der Waals surface area contributed by atoms with Gasteiger partial charge in [0.2, 0.25) is 0 Å². The van der Waals surface area contributed by atoms with E-state index in [0.717, 1.165) is 24.0 Å². The Bertz CT molecular complexity index is 434. The van der Waals surface area contributed by atoms with Crippen molar-refractivity contribution in [3.8, 4) is 5.75 Å². The average Bonchev–Trinajstić information content (AvgIpc) is 2.66. The zero-order chi connectivity index (χ0) is 13.3. The molecule has 2 atom stereocenters. The molecule has 1 aliphatic carbocycles. The first-order chi connectivity index (χ1) is 8.38. The SMILES string of the molecule is N[C@H]1CCc2cc(OCC(O)C(F)(F)F)ccc21. The number of nitrogens with two attached hydrogens (primary N) is 1. The van der Waals surface area contributed by atoms with Gasteiger partial charge in [-0.1, -0.05) is 6.07 Å². The van der Waals surface area contributed by atoms with E-state index in [0.29, 0.717) is 5.75 Å². The van der Waals surface area contributed by atoms with E-state index < -0.39 is 18.9 Å². The first-order valence-electron chi connectivity index (χ1n) is 5.64. The highest BCUT2D eigenvalue weighted by Crippen LogP contribution is 2.32. The van der Waals surface area contributed by atoms with Crippen molar-refractivity contribution in [3.05, 3.63) is 29.3 Å². The molecule has 0 saturated heterocycles. The van der Waals surface area contributed by atoms with Crippen LogP contribution in [0, 0.1) is 0 Å². The van der Waals surface area contributed by atoms with Crippen LogP contribution in [0.4, 0.5) is 13.2 Å². The molecule has 1 unspecified atom stereocenters. The van der Waals surface area contributed by atoms with E-state index in [9.17, 15) is 13.2 Å². The summed E-state index contributed by atoms with van der Waals surface area (Å²) in [5.74, 6) is 0.325. The van der Waals surface area contributed by atoms with Gasteiger partial charge in [0.1, 0.15) is 12.4 Å². The van der Waals surface area contributed by atoms with Gasteiger partial charge in [0.15, 0.2) is 6.10 Å². The van der Waals surface area contributed by atoms with Crippen molar-refractivity contribution in [1.29, 1.82) is 0 Å². The number of aryl methyl sites for hydroxylation is 1. The average molecular weight is 261 g/mol. The van der Waals surface area contributed by atoms with Gasteiger partial charge in [0.05, 0.1) is 0 Å². The number of rotatable bonds is 3. The minimum Gasteiger partial charge on any atom is -0.491 e. The van der Waals surface area contributed by atoms with E-state index in [4.69, 9.17) is 15.6 Å². The lowest BCUT2D eigenvalue weighted by Gasteiger charge is -2.15. The molecule has 0 aliphatic heterocycles. The first-order valence-corrected chi connectivity index (χ1v) is 5.64. The van der Waals surface area contributed by atoms with Crippen LogP contribution in [0.1, 0.15) is 23.6 Å². The largest absolute Gasteiger partial charge is 0.491 e. The molecular weight excluding hydrogens is 247 g/mol. The second-order valence-electron chi connectivity index (χ2n) is 4.37. The molecule has 1 aliphatic rings. The summed E-state index contributed by atoms with van der Waals surface area (Å²) in [6, 6.07) is 5.02. The number of aliphatic hydroxyl groups is 1. The Morgan fingerprint density at radius 2 is 2.17 bits per heavy atom. The minimum atomic E-state index is -4.65. The third kappa shape index (κ3) is 2.76. The van der Waals surface area contributed by atoms with E-state index in [1.807, 2.05) is 0 Å². The van der Waals surface area contributed by atoms with Crippen molar-refractivity contribution in [2.45, 2.75) is 31.2 Å². The smallest absolute Gasteiger partial charge is 0.417 e. The van der Waals surface area contributed by atoms with E-state index in [2.05, 4.69) is 0 Å². The number of ether oxygens (including phenoxy) is 1. The van der Waals surface area contributed by atoms with Crippen molar-refractivity contribution in [1.82, 2.24) is 0 Å². The molecule has 1 aromatic carbocycles. The molecule has 0 heterocycles. The van der Waals surface area contributed by atoms with E-state index in [-0.39, 0.29) is 6.04 Å². The number of benzene rings is 1. The van der Waals surface area contributed by atoms with Gasteiger partial charge in [-0.25, -0.2) is 0 Å². The van der Waals surface area contributed by atoms with E-state index >= 15 is 0 Å². The standard InChI is InChI=1S/C12H14F3NO2/c13-12(14,15)11(17)6-18-8-2-3-9-7(5-8)1-4-10(9)16/h2-3,5,10-11,17H,1,4,6,16H2/t10-,11?/m0/s1. The number of aliphatic hydroxyl groups excluding tert-OH is 1. The van der Waals surface area contributed by atoms with Crippen molar-refractivity contribution in [2.24, 2.45) is 5.73 Å². The molecule has 18 heavy (non-hydrogen) atoms. The van der Waals surface area contributed by atoms with Gasteiger partial charge in [-0.15, -0.1) is 0 Å². The minimum absolute atomic E-state index is 0.00480. The molecule has 100 valence electrons. The Kier molecular flexibility index (Phi) is 3.49. The van der Waals surface area contributed by atoms with Crippen LogP contribution in [0.2, 0.25) is 0 Å². The lowest BCUT2D eigenvalue weighted by Crippen LogP contribution is -2.34. The van der Waals surface area contributed by atoms with Gasteiger partial charge in [0, 0.05) is 6.04 Å². The van der Waals surface area contributed by atoms with Crippen LogP contribution in [0.3, 0.4) is 0 Å². The van der Waals surface area contributed by atoms with Gasteiger partial charge >= 0.3 is 6.18 Å². The van der Waals surface area contributed by atoms with Crippen LogP contribution in [-0.2, 0) is 6.42 Å². The van der Waals surface area contributed by atoms with Crippen molar-refractivity contribution in [3.63, 3.8) is 0 Å². The fourth-order valence-corrected chi connectivity index (χ4v) is 1.99. The normalized spacial score (nSPS) is 20.6. The van der Waals surface area contributed by atoms with Crippen LogP contribution < -0.4 is 10.5 Å². The first kappa shape index (κ1) is 13.2. The summed E-state index contributed by atoms with van der Waals surface area (Å²) >= 11 is 0. The number of fused-ring (bicyclic) bond motifs is 1. The number of halogens is 3. The van der Waals surface area contributed by atoms with Crippen LogP contribution in [-0.4, -0.2) is 24.0 Å². The van der Waals surface area contributed by atoms with Crippen LogP contribution in [0.5, 0.6) is 5.75 Å². The lowest BCUT2D eigenvalue weighted by molar-refractivity contribution is -0.210. The molecule has 0 spiro atoms. The van der Waals surface area contributed by atoms with Crippen LogP contribution in [0.25, 0.3) is 0 Å². The topological polar surface area (TPSA) is 55.5 Å². The molecule has 6 heteroatoms. The summed E-state index contributed by atoms with van der Waals surface area (Å²) < 4.78 is 41.2. The Balaban J connectivity index is 1.99. The second-order valence-corrected chi connectivity index (χ2v) is 4.37. The van der Waals surface area contributed by atoms with Crippen LogP contribution in [0.15, 0.2) is 18.2 Å². The summed E-state index contributed by atoms with van der Waals surface area (Å²) in [5.41, 5.74) is 7.86. The highest BCUT2D eigenvalue weighted by atomic mass is 19.4. The third-order valence-corrected chi connectivity index (χ3v) is 3.02. The van der Waals surface area contributed by atoms with E-state index in [1.54, 1.807) is 18.2 Å². The molecule has 0 aromatic heterocycles. The summed E-state index contributed by atoms with van der Waals surface area (Å²) in [6.07, 6.45) is -5.48. The maximum Gasteiger partial charge on any atom is 0.417 e. The predicted octanol–water partition coefficient (Wildman–Crippen LogP) is 1.93. The predicted molar refractivity (Wildman–Crippen MR) is 59.2 cm³/mol. The fourth-order valence-electron chi connectivity index (χ4n) is 1.99. The Morgan fingerprint density at radius 1 is 1.44 bits per heavy atom. The summed E-state index contributed by atoms with van der Waals surface area (Å²) in [4.78, 5) is 0. The van der Waals surface area contributed by atoms with Gasteiger partial charge in [0.25, 0.3) is 0 Å². The lowest BCUT2D eigenvalue weighted by atomic mass is 10.1. The molecule has 0 bridgehead atoms. The Hall–Kier alpha value is -1.27. The molecule has 0 saturated carbocycles. The van der Waals surface area contributed by atoms with Gasteiger partial charge < -0.3 is 15.6 Å².